The third kappa shape index (κ3) is 6.05. The van der Waals surface area contributed by atoms with E-state index in [1.807, 2.05) is 20.8 Å². The highest BCUT2D eigenvalue weighted by Gasteiger charge is 2.12. The van der Waals surface area contributed by atoms with E-state index < -0.39 is 0 Å². The molecule has 1 saturated heterocycles. The van der Waals surface area contributed by atoms with Crippen LogP contribution in [0.15, 0.2) is 0 Å². The number of nitrogens with zero attached hydrogens (tertiary/aromatic N) is 1. The van der Waals surface area contributed by atoms with E-state index in [0.717, 1.165) is 13.0 Å². The maximum Gasteiger partial charge on any atom is 0.0664 e. The molecular formula is C11H25NO. The Hall–Kier alpha value is -0.0800. The minimum absolute atomic E-state index is 0.104. The Balaban J connectivity index is 0.000000671. The number of aliphatic hydroxyl groups is 1. The molecule has 0 radical (unpaired) electrons. The van der Waals surface area contributed by atoms with Gasteiger partial charge in [0.15, 0.2) is 0 Å². The molecule has 13 heavy (non-hydrogen) atoms. The number of hydrogen-bond acceptors (Lipinski definition) is 2. The molecule has 2 nitrogen and oxygen atoms in total. The van der Waals surface area contributed by atoms with Crippen LogP contribution in [-0.2, 0) is 0 Å². The van der Waals surface area contributed by atoms with E-state index in [1.54, 1.807) is 0 Å². The summed E-state index contributed by atoms with van der Waals surface area (Å²) in [7, 11) is 0. The summed E-state index contributed by atoms with van der Waals surface area (Å²) in [5.41, 5.74) is 0. The molecule has 0 amide bonds. The first-order chi connectivity index (χ1) is 6.33. The zero-order chi connectivity index (χ0) is 10.1. The first kappa shape index (κ1) is 12.9. The molecule has 0 aromatic heterocycles. The van der Waals surface area contributed by atoms with Gasteiger partial charge in [-0.25, -0.2) is 0 Å². The highest BCUT2D eigenvalue weighted by molar-refractivity contribution is 4.67. The van der Waals surface area contributed by atoms with Gasteiger partial charge in [0.1, 0.15) is 0 Å². The van der Waals surface area contributed by atoms with Gasteiger partial charge in [-0.1, -0.05) is 27.2 Å². The van der Waals surface area contributed by atoms with E-state index in [2.05, 4.69) is 4.90 Å². The third-order valence-electron chi connectivity index (χ3n) is 2.39. The molecular weight excluding hydrogens is 162 g/mol. The molecule has 0 spiro atoms. The summed E-state index contributed by atoms with van der Waals surface area (Å²) in [4.78, 5) is 2.37. The zero-order valence-electron chi connectivity index (χ0n) is 9.42. The van der Waals surface area contributed by atoms with Crippen LogP contribution in [0.5, 0.6) is 0 Å². The van der Waals surface area contributed by atoms with E-state index in [9.17, 15) is 5.11 Å². The Morgan fingerprint density at radius 1 is 1.15 bits per heavy atom. The summed E-state index contributed by atoms with van der Waals surface area (Å²) in [5.74, 6) is 0. The van der Waals surface area contributed by atoms with Gasteiger partial charge in [-0.15, -0.1) is 0 Å². The van der Waals surface area contributed by atoms with Gasteiger partial charge in [0, 0.05) is 6.54 Å². The highest BCUT2D eigenvalue weighted by Crippen LogP contribution is 2.09. The van der Waals surface area contributed by atoms with Gasteiger partial charge in [-0.05, 0) is 32.4 Å². The van der Waals surface area contributed by atoms with Gasteiger partial charge < -0.3 is 10.0 Å². The smallest absolute Gasteiger partial charge is 0.0664 e. The van der Waals surface area contributed by atoms with Crippen LogP contribution < -0.4 is 0 Å². The first-order valence-electron chi connectivity index (χ1n) is 5.73. The number of β-amino-alcohol motifs (C(OH)–C–C–N with tert-alkyl or cyclic N) is 1. The molecule has 0 aliphatic carbocycles. The van der Waals surface area contributed by atoms with Crippen LogP contribution in [0.25, 0.3) is 0 Å². The number of likely N-dealkylation sites (tertiary alicyclic amines) is 1. The summed E-state index contributed by atoms with van der Waals surface area (Å²) in [6.07, 6.45) is 4.79. The lowest BCUT2D eigenvalue weighted by Gasteiger charge is -2.27. The molecule has 1 rings (SSSR count). The molecule has 0 bridgehead atoms. The predicted molar refractivity (Wildman–Crippen MR) is 57.9 cm³/mol. The fourth-order valence-corrected chi connectivity index (χ4v) is 1.57. The molecule has 0 aromatic rings. The van der Waals surface area contributed by atoms with Crippen LogP contribution in [0.2, 0.25) is 0 Å². The summed E-state index contributed by atoms with van der Waals surface area (Å²) < 4.78 is 0. The molecule has 1 fully saturated rings. The average molecular weight is 187 g/mol. The molecule has 0 aromatic carbocycles. The predicted octanol–water partition coefficient (Wildman–Crippen LogP) is 2.27. The number of rotatable bonds is 3. The molecule has 1 N–H and O–H groups in total. The summed E-state index contributed by atoms with van der Waals surface area (Å²) in [6.45, 7) is 9.30. The standard InChI is InChI=1S/C9H19NO.C2H6/c1-2-9(11)8-10-6-4-3-5-7-10;1-2/h9,11H,2-8H2,1H3;1-2H3. The van der Waals surface area contributed by atoms with E-state index in [4.69, 9.17) is 0 Å². The van der Waals surface area contributed by atoms with Gasteiger partial charge in [-0.3, -0.25) is 0 Å². The highest BCUT2D eigenvalue weighted by atomic mass is 16.3. The largest absolute Gasteiger partial charge is 0.392 e. The monoisotopic (exact) mass is 187 g/mol. The molecule has 1 heterocycles. The molecule has 1 unspecified atom stereocenters. The maximum atomic E-state index is 9.37. The number of aliphatic hydroxyl groups excluding tert-OH is 1. The lowest BCUT2D eigenvalue weighted by Crippen LogP contribution is -2.36. The molecule has 1 aliphatic heterocycles. The van der Waals surface area contributed by atoms with Crippen molar-refractivity contribution >= 4 is 0 Å². The SMILES string of the molecule is CC.CCC(O)CN1CCCCC1. The van der Waals surface area contributed by atoms with Crippen LogP contribution in [-0.4, -0.2) is 35.7 Å². The normalized spacial score (nSPS) is 20.3. The summed E-state index contributed by atoms with van der Waals surface area (Å²) >= 11 is 0. The van der Waals surface area contributed by atoms with E-state index >= 15 is 0 Å². The second-order valence-corrected chi connectivity index (χ2v) is 3.42. The average Bonchev–Trinajstić information content (AvgIpc) is 2.22. The van der Waals surface area contributed by atoms with Gasteiger partial charge in [-0.2, -0.15) is 0 Å². The fourth-order valence-electron chi connectivity index (χ4n) is 1.57. The van der Waals surface area contributed by atoms with Gasteiger partial charge in [0.05, 0.1) is 6.10 Å². The van der Waals surface area contributed by atoms with Gasteiger partial charge in [0.2, 0.25) is 0 Å². The van der Waals surface area contributed by atoms with Crippen LogP contribution in [0, 0.1) is 0 Å². The van der Waals surface area contributed by atoms with Crippen molar-refractivity contribution in [3.05, 3.63) is 0 Å². The third-order valence-corrected chi connectivity index (χ3v) is 2.39. The van der Waals surface area contributed by atoms with E-state index in [-0.39, 0.29) is 6.10 Å². The van der Waals surface area contributed by atoms with E-state index in [0.29, 0.717) is 0 Å². The van der Waals surface area contributed by atoms with Crippen LogP contribution in [0.3, 0.4) is 0 Å². The summed E-state index contributed by atoms with van der Waals surface area (Å²) in [5, 5.41) is 9.37. The molecule has 1 aliphatic rings. The topological polar surface area (TPSA) is 23.5 Å². The van der Waals surface area contributed by atoms with Crippen molar-refractivity contribution < 1.29 is 5.11 Å². The first-order valence-corrected chi connectivity index (χ1v) is 5.73. The van der Waals surface area contributed by atoms with Gasteiger partial charge in [0.25, 0.3) is 0 Å². The lowest BCUT2D eigenvalue weighted by molar-refractivity contribution is 0.0984. The molecule has 2 heteroatoms. The van der Waals surface area contributed by atoms with E-state index in [1.165, 1.54) is 32.4 Å². The van der Waals surface area contributed by atoms with Crippen molar-refractivity contribution in [3.8, 4) is 0 Å². The number of piperidine rings is 1. The van der Waals surface area contributed by atoms with Crippen molar-refractivity contribution in [2.45, 2.75) is 52.6 Å². The maximum absolute atomic E-state index is 9.37. The zero-order valence-corrected chi connectivity index (χ0v) is 9.42. The van der Waals surface area contributed by atoms with Crippen molar-refractivity contribution in [1.82, 2.24) is 4.90 Å². The van der Waals surface area contributed by atoms with Crippen molar-refractivity contribution in [1.29, 1.82) is 0 Å². The fraction of sp³-hybridized carbons (Fsp3) is 1.00. The second kappa shape index (κ2) is 8.52. The van der Waals surface area contributed by atoms with Crippen LogP contribution in [0.4, 0.5) is 0 Å². The van der Waals surface area contributed by atoms with Crippen LogP contribution in [0.1, 0.15) is 46.5 Å². The minimum Gasteiger partial charge on any atom is -0.392 e. The van der Waals surface area contributed by atoms with Crippen molar-refractivity contribution in [2.24, 2.45) is 0 Å². The quantitative estimate of drug-likeness (QED) is 0.732. The van der Waals surface area contributed by atoms with Crippen LogP contribution >= 0.6 is 0 Å². The Labute approximate surface area is 82.9 Å². The second-order valence-electron chi connectivity index (χ2n) is 3.42. The van der Waals surface area contributed by atoms with Crippen molar-refractivity contribution in [3.63, 3.8) is 0 Å². The van der Waals surface area contributed by atoms with Gasteiger partial charge >= 0.3 is 0 Å². The lowest BCUT2D eigenvalue weighted by atomic mass is 10.1. The minimum atomic E-state index is -0.104. The molecule has 0 saturated carbocycles. The number of hydrogen-bond donors (Lipinski definition) is 1. The Morgan fingerprint density at radius 3 is 2.15 bits per heavy atom. The van der Waals surface area contributed by atoms with Crippen molar-refractivity contribution in [2.75, 3.05) is 19.6 Å². The Kier molecular flexibility index (Phi) is 8.46. The Bertz CT molecular complexity index is 100. The summed E-state index contributed by atoms with van der Waals surface area (Å²) in [6, 6.07) is 0. The Morgan fingerprint density at radius 2 is 1.69 bits per heavy atom. The molecule has 80 valence electrons. The molecule has 1 atom stereocenters.